The van der Waals surface area contributed by atoms with Gasteiger partial charge in [-0.2, -0.15) is 0 Å². The lowest BCUT2D eigenvalue weighted by Crippen LogP contribution is -2.22. The maximum absolute atomic E-state index is 12.4. The molecule has 33 heavy (non-hydrogen) atoms. The highest BCUT2D eigenvalue weighted by molar-refractivity contribution is 7.89. The lowest BCUT2D eigenvalue weighted by atomic mass is 10.2. The van der Waals surface area contributed by atoms with Crippen molar-refractivity contribution in [1.29, 1.82) is 0 Å². The van der Waals surface area contributed by atoms with Crippen molar-refractivity contribution >= 4 is 32.9 Å². The smallest absolute Gasteiger partial charge is 0.306 e. The molecule has 0 saturated heterocycles. The summed E-state index contributed by atoms with van der Waals surface area (Å²) < 4.78 is 38.3. The van der Waals surface area contributed by atoms with Crippen molar-refractivity contribution < 1.29 is 27.5 Å². The van der Waals surface area contributed by atoms with Gasteiger partial charge in [-0.15, -0.1) is 0 Å². The molecule has 0 aliphatic carbocycles. The number of carbonyl (C=O) groups excluding carboxylic acids is 2. The first-order chi connectivity index (χ1) is 15.6. The summed E-state index contributed by atoms with van der Waals surface area (Å²) in [6.07, 6.45) is 0.444. The molecule has 1 heterocycles. The second kappa shape index (κ2) is 10.0. The topological polar surface area (TPSA) is 134 Å². The van der Waals surface area contributed by atoms with Gasteiger partial charge in [-0.25, -0.2) is 17.7 Å². The number of nitrogens with two attached hydrogens (primary N) is 1. The largest absolute Gasteiger partial charge is 0.484 e. The Hall–Kier alpha value is -3.44. The molecule has 1 aromatic heterocycles. The molecule has 0 unspecified atom stereocenters. The number of carbonyl (C=O) groups is 2. The van der Waals surface area contributed by atoms with E-state index in [1.807, 2.05) is 11.6 Å². The average molecular weight is 475 g/mol. The van der Waals surface area contributed by atoms with Gasteiger partial charge in [0.25, 0.3) is 5.91 Å². The highest BCUT2D eigenvalue weighted by atomic mass is 32.2. The molecule has 0 atom stereocenters. The molecular formula is C22H26N4O6S. The SMILES string of the molecule is CN(C)S(=O)(=O)c1ccc2c(c1)nc(CCC(=O)OCc1cccc(OCC(N)=O)c1)n2C. The van der Waals surface area contributed by atoms with E-state index in [9.17, 15) is 18.0 Å². The number of amides is 1. The lowest BCUT2D eigenvalue weighted by molar-refractivity contribution is -0.144. The van der Waals surface area contributed by atoms with Gasteiger partial charge in [0.2, 0.25) is 10.0 Å². The molecule has 0 saturated carbocycles. The van der Waals surface area contributed by atoms with Gasteiger partial charge in [-0.3, -0.25) is 9.59 Å². The van der Waals surface area contributed by atoms with Crippen LogP contribution in [0.25, 0.3) is 11.0 Å². The number of primary amides is 1. The summed E-state index contributed by atoms with van der Waals surface area (Å²) in [7, 11) is 1.19. The van der Waals surface area contributed by atoms with Gasteiger partial charge in [0.1, 0.15) is 18.2 Å². The summed E-state index contributed by atoms with van der Waals surface area (Å²) in [5, 5.41) is 0. The van der Waals surface area contributed by atoms with E-state index in [-0.39, 0.29) is 24.5 Å². The molecule has 0 radical (unpaired) electrons. The summed E-state index contributed by atoms with van der Waals surface area (Å²) in [6, 6.07) is 11.6. The van der Waals surface area contributed by atoms with Crippen molar-refractivity contribution in [3.63, 3.8) is 0 Å². The molecule has 0 bridgehead atoms. The second-order valence-electron chi connectivity index (χ2n) is 7.59. The van der Waals surface area contributed by atoms with Crippen LogP contribution >= 0.6 is 0 Å². The van der Waals surface area contributed by atoms with Gasteiger partial charge < -0.3 is 19.8 Å². The van der Waals surface area contributed by atoms with Gasteiger partial charge in [0.05, 0.1) is 22.3 Å². The Morgan fingerprint density at radius 3 is 2.61 bits per heavy atom. The Morgan fingerprint density at radius 2 is 1.91 bits per heavy atom. The van der Waals surface area contributed by atoms with Crippen molar-refractivity contribution in [2.45, 2.75) is 24.3 Å². The molecule has 2 aromatic carbocycles. The van der Waals surface area contributed by atoms with E-state index in [1.165, 1.54) is 20.2 Å². The minimum absolute atomic E-state index is 0.0564. The first-order valence-electron chi connectivity index (χ1n) is 10.1. The Labute approximate surface area is 192 Å². The number of imidazole rings is 1. The fourth-order valence-corrected chi connectivity index (χ4v) is 4.08. The lowest BCUT2D eigenvalue weighted by Gasteiger charge is -2.10. The van der Waals surface area contributed by atoms with E-state index in [1.54, 1.807) is 36.4 Å². The van der Waals surface area contributed by atoms with Gasteiger partial charge in [-0.1, -0.05) is 12.1 Å². The van der Waals surface area contributed by atoms with Crippen LogP contribution in [0, 0.1) is 0 Å². The number of rotatable bonds is 10. The molecule has 11 heteroatoms. The number of esters is 1. The van der Waals surface area contributed by atoms with E-state index in [2.05, 4.69) is 4.98 Å². The standard InChI is InChI=1S/C22H26N4O6S/c1-25(2)33(29,30)17-7-8-19-18(12-17)24-21(26(19)3)9-10-22(28)32-13-15-5-4-6-16(11-15)31-14-20(23)27/h4-8,11-12H,9-10,13-14H2,1-3H3,(H2,23,27). The van der Waals surface area contributed by atoms with Gasteiger partial charge in [-0.05, 0) is 35.9 Å². The molecule has 0 aliphatic rings. The number of hydrogen-bond acceptors (Lipinski definition) is 7. The van der Waals surface area contributed by atoms with Crippen molar-refractivity contribution in [1.82, 2.24) is 13.9 Å². The highest BCUT2D eigenvalue weighted by Crippen LogP contribution is 2.22. The van der Waals surface area contributed by atoms with E-state index in [4.69, 9.17) is 15.2 Å². The third-order valence-corrected chi connectivity index (χ3v) is 6.77. The zero-order valence-corrected chi connectivity index (χ0v) is 19.5. The Bertz CT molecular complexity index is 1280. The molecule has 0 spiro atoms. The first kappa shape index (κ1) is 24.2. The molecule has 0 fully saturated rings. The normalized spacial score (nSPS) is 11.6. The zero-order valence-electron chi connectivity index (χ0n) is 18.6. The number of aromatic nitrogens is 2. The van der Waals surface area contributed by atoms with Crippen LogP contribution in [0.4, 0.5) is 0 Å². The summed E-state index contributed by atoms with van der Waals surface area (Å²) in [6.45, 7) is -0.176. The van der Waals surface area contributed by atoms with Crippen LogP contribution in [-0.4, -0.2) is 54.9 Å². The molecule has 176 valence electrons. The fraction of sp³-hybridized carbons (Fsp3) is 0.318. The van der Waals surface area contributed by atoms with Crippen LogP contribution in [0.1, 0.15) is 17.8 Å². The molecule has 1 amide bonds. The maximum Gasteiger partial charge on any atom is 0.306 e. The number of ether oxygens (including phenoxy) is 2. The van der Waals surface area contributed by atoms with E-state index < -0.39 is 21.9 Å². The van der Waals surface area contributed by atoms with Crippen molar-refractivity contribution in [2.75, 3.05) is 20.7 Å². The van der Waals surface area contributed by atoms with Crippen LogP contribution < -0.4 is 10.5 Å². The van der Waals surface area contributed by atoms with E-state index >= 15 is 0 Å². The molecule has 3 aromatic rings. The molecule has 0 aliphatic heterocycles. The maximum atomic E-state index is 12.4. The number of nitrogens with zero attached hydrogens (tertiary/aromatic N) is 3. The van der Waals surface area contributed by atoms with Crippen LogP contribution in [0.3, 0.4) is 0 Å². The monoisotopic (exact) mass is 474 g/mol. The molecule has 2 N–H and O–H groups in total. The van der Waals surface area contributed by atoms with Crippen LogP contribution in [0.2, 0.25) is 0 Å². The molecular weight excluding hydrogens is 448 g/mol. The highest BCUT2D eigenvalue weighted by Gasteiger charge is 2.19. The van der Waals surface area contributed by atoms with Crippen LogP contribution in [0.15, 0.2) is 47.4 Å². The third-order valence-electron chi connectivity index (χ3n) is 4.96. The van der Waals surface area contributed by atoms with Crippen LogP contribution in [-0.2, 0) is 44.4 Å². The van der Waals surface area contributed by atoms with Gasteiger partial charge in [0.15, 0.2) is 6.61 Å². The minimum atomic E-state index is -3.56. The summed E-state index contributed by atoms with van der Waals surface area (Å²) >= 11 is 0. The summed E-state index contributed by atoms with van der Waals surface area (Å²) in [5.41, 5.74) is 7.08. The van der Waals surface area contributed by atoms with Gasteiger partial charge in [0, 0.05) is 27.6 Å². The predicted molar refractivity (Wildman–Crippen MR) is 121 cm³/mol. The molecule has 3 rings (SSSR count). The Balaban J connectivity index is 1.61. The summed E-state index contributed by atoms with van der Waals surface area (Å²) in [4.78, 5) is 27.7. The number of benzene rings is 2. The first-order valence-corrected chi connectivity index (χ1v) is 11.6. The Kier molecular flexibility index (Phi) is 7.34. The Morgan fingerprint density at radius 1 is 1.15 bits per heavy atom. The van der Waals surface area contributed by atoms with E-state index in [0.717, 1.165) is 9.82 Å². The van der Waals surface area contributed by atoms with Crippen molar-refractivity contribution in [2.24, 2.45) is 12.8 Å². The van der Waals surface area contributed by atoms with Gasteiger partial charge >= 0.3 is 5.97 Å². The van der Waals surface area contributed by atoms with E-state index in [0.29, 0.717) is 29.1 Å². The fourth-order valence-electron chi connectivity index (χ4n) is 3.15. The van der Waals surface area contributed by atoms with Crippen molar-refractivity contribution in [3.8, 4) is 5.75 Å². The molecule has 10 nitrogen and oxygen atoms in total. The number of sulfonamides is 1. The van der Waals surface area contributed by atoms with Crippen LogP contribution in [0.5, 0.6) is 5.75 Å². The number of fused-ring (bicyclic) bond motifs is 1. The summed E-state index contributed by atoms with van der Waals surface area (Å²) in [5.74, 6) is 0.117. The third kappa shape index (κ3) is 5.88. The average Bonchev–Trinajstić information content (AvgIpc) is 3.10. The quantitative estimate of drug-likeness (QED) is 0.439. The van der Waals surface area contributed by atoms with Crippen molar-refractivity contribution in [3.05, 3.63) is 53.9 Å². The number of aryl methyl sites for hydroxylation is 2. The second-order valence-corrected chi connectivity index (χ2v) is 9.74. The zero-order chi connectivity index (χ0) is 24.2. The number of hydrogen-bond donors (Lipinski definition) is 1. The predicted octanol–water partition coefficient (Wildman–Crippen LogP) is 1.36. The minimum Gasteiger partial charge on any atom is -0.484 e.